The Morgan fingerprint density at radius 2 is 1.45 bits per heavy atom. The number of carboxylic acid groups (broad SMARTS) is 1. The van der Waals surface area contributed by atoms with Gasteiger partial charge in [0.15, 0.2) is 23.0 Å². The summed E-state index contributed by atoms with van der Waals surface area (Å²) in [6, 6.07) is 17.4. The lowest BCUT2D eigenvalue weighted by Crippen LogP contribution is -2.31. The van der Waals surface area contributed by atoms with E-state index in [0.29, 0.717) is 50.8 Å². The molecule has 2 N–H and O–H groups in total. The normalized spacial score (nSPS) is 20.2. The number of aliphatic carboxylic acids is 1. The number of hydrogen-bond donors (Lipinski definition) is 2. The summed E-state index contributed by atoms with van der Waals surface area (Å²) in [6.07, 6.45) is 0. The first kappa shape index (κ1) is 17.9. The Hall–Kier alpha value is -3.97. The number of aliphatic hydroxyl groups is 1. The van der Waals surface area contributed by atoms with Crippen LogP contribution in [0.5, 0.6) is 23.0 Å². The molecule has 31 heavy (non-hydrogen) atoms. The number of fused-ring (bicyclic) bond motifs is 3. The lowest BCUT2D eigenvalue weighted by molar-refractivity contribution is -0.134. The zero-order chi connectivity index (χ0) is 21.2. The molecular formula is C24H16O7. The summed E-state index contributed by atoms with van der Waals surface area (Å²) >= 11 is 0. The van der Waals surface area contributed by atoms with Gasteiger partial charge in [0.05, 0.1) is 5.57 Å². The van der Waals surface area contributed by atoms with Crippen LogP contribution in [0.25, 0.3) is 5.57 Å². The number of rotatable bonds is 3. The van der Waals surface area contributed by atoms with Crippen LogP contribution in [-0.4, -0.2) is 29.8 Å². The predicted molar refractivity (Wildman–Crippen MR) is 108 cm³/mol. The van der Waals surface area contributed by atoms with Crippen LogP contribution in [0, 0.1) is 0 Å². The van der Waals surface area contributed by atoms with Gasteiger partial charge in [-0.2, -0.15) is 0 Å². The molecule has 0 radical (unpaired) electrons. The molecule has 1 unspecified atom stereocenters. The van der Waals surface area contributed by atoms with Crippen LogP contribution in [0.4, 0.5) is 0 Å². The molecule has 0 bridgehead atoms. The maximum atomic E-state index is 12.6. The third-order valence-electron chi connectivity index (χ3n) is 5.86. The van der Waals surface area contributed by atoms with Crippen LogP contribution >= 0.6 is 0 Å². The second-order valence-electron chi connectivity index (χ2n) is 7.45. The molecule has 2 aliphatic heterocycles. The molecule has 2 heterocycles. The van der Waals surface area contributed by atoms with E-state index in [4.69, 9.17) is 18.9 Å². The molecule has 3 aromatic carbocycles. The predicted octanol–water partition coefficient (Wildman–Crippen LogP) is 3.28. The summed E-state index contributed by atoms with van der Waals surface area (Å²) in [5.74, 6) is 0.925. The fraction of sp³-hybridized carbons (Fsp3) is 0.125. The third-order valence-corrected chi connectivity index (χ3v) is 5.86. The molecule has 1 aliphatic carbocycles. The van der Waals surface area contributed by atoms with E-state index in [2.05, 4.69) is 0 Å². The van der Waals surface area contributed by atoms with Gasteiger partial charge in [0.25, 0.3) is 0 Å². The van der Waals surface area contributed by atoms with Gasteiger partial charge < -0.3 is 29.2 Å². The van der Waals surface area contributed by atoms with Gasteiger partial charge in [-0.3, -0.25) is 0 Å². The average molecular weight is 416 g/mol. The number of carboxylic acids is 1. The fourth-order valence-corrected chi connectivity index (χ4v) is 4.50. The van der Waals surface area contributed by atoms with Crippen LogP contribution in [0.15, 0.2) is 66.2 Å². The summed E-state index contributed by atoms with van der Waals surface area (Å²) in [5, 5.41) is 22.3. The number of ether oxygens (including phenoxy) is 4. The van der Waals surface area contributed by atoms with E-state index < -0.39 is 11.6 Å². The van der Waals surface area contributed by atoms with Gasteiger partial charge in [-0.1, -0.05) is 36.4 Å². The van der Waals surface area contributed by atoms with E-state index in [9.17, 15) is 15.0 Å². The Morgan fingerprint density at radius 1 is 0.806 bits per heavy atom. The molecule has 0 fully saturated rings. The number of benzene rings is 3. The van der Waals surface area contributed by atoms with Gasteiger partial charge in [0, 0.05) is 11.1 Å². The Labute approximate surface area is 176 Å². The summed E-state index contributed by atoms with van der Waals surface area (Å²) in [4.78, 5) is 12.6. The monoisotopic (exact) mass is 416 g/mol. The second kappa shape index (κ2) is 6.26. The minimum atomic E-state index is -1.88. The molecule has 0 amide bonds. The molecule has 154 valence electrons. The van der Waals surface area contributed by atoms with E-state index >= 15 is 0 Å². The topological polar surface area (TPSA) is 94.5 Å². The summed E-state index contributed by atoms with van der Waals surface area (Å²) < 4.78 is 21.7. The summed E-state index contributed by atoms with van der Waals surface area (Å²) in [7, 11) is 0. The van der Waals surface area contributed by atoms with Crippen molar-refractivity contribution in [2.45, 2.75) is 5.60 Å². The second-order valence-corrected chi connectivity index (χ2v) is 7.45. The molecule has 6 rings (SSSR count). The number of hydrogen-bond acceptors (Lipinski definition) is 6. The zero-order valence-corrected chi connectivity index (χ0v) is 16.1. The highest BCUT2D eigenvalue weighted by atomic mass is 16.7. The van der Waals surface area contributed by atoms with Crippen molar-refractivity contribution in [3.05, 3.63) is 88.5 Å². The molecule has 3 aliphatic rings. The molecule has 0 saturated carbocycles. The molecule has 7 heteroatoms. The lowest BCUT2D eigenvalue weighted by atomic mass is 9.83. The van der Waals surface area contributed by atoms with E-state index in [1.807, 2.05) is 12.1 Å². The first-order chi connectivity index (χ1) is 15.1. The smallest absolute Gasteiger partial charge is 0.335 e. The van der Waals surface area contributed by atoms with Gasteiger partial charge in [-0.15, -0.1) is 0 Å². The van der Waals surface area contributed by atoms with E-state index in [0.717, 1.165) is 0 Å². The van der Waals surface area contributed by atoms with Crippen LogP contribution in [0.2, 0.25) is 0 Å². The standard InChI is InChI=1S/C24H16O7/c25-23(26)22-21(13-5-7-17-19(9-13)30-11-28-17)15-3-1-2-4-16(15)24(22,27)14-6-8-18-20(10-14)31-12-29-18/h1-10,27H,11-12H2,(H,25,26). The van der Waals surface area contributed by atoms with Crippen molar-refractivity contribution >= 4 is 11.5 Å². The molecule has 1 atom stereocenters. The SMILES string of the molecule is O=C(O)C1=C(c2ccc3c(c2)OCO3)c2ccccc2C1(O)c1ccc2c(c1)OCO2. The summed E-state index contributed by atoms with van der Waals surface area (Å²) in [6.45, 7) is 0.194. The van der Waals surface area contributed by atoms with Crippen molar-refractivity contribution in [2.75, 3.05) is 13.6 Å². The minimum Gasteiger partial charge on any atom is -0.478 e. The molecule has 0 saturated heterocycles. The van der Waals surface area contributed by atoms with Crippen LogP contribution in [0.1, 0.15) is 22.3 Å². The van der Waals surface area contributed by atoms with E-state index in [1.54, 1.807) is 48.5 Å². The molecule has 0 aromatic heterocycles. The Bertz CT molecular complexity index is 1290. The highest BCUT2D eigenvalue weighted by molar-refractivity contribution is 6.07. The number of carbonyl (C=O) groups is 1. The lowest BCUT2D eigenvalue weighted by Gasteiger charge is -2.27. The van der Waals surface area contributed by atoms with Crippen molar-refractivity contribution in [1.82, 2.24) is 0 Å². The van der Waals surface area contributed by atoms with Gasteiger partial charge in [0.1, 0.15) is 5.60 Å². The largest absolute Gasteiger partial charge is 0.478 e. The van der Waals surface area contributed by atoms with Gasteiger partial charge in [-0.25, -0.2) is 4.79 Å². The highest BCUT2D eigenvalue weighted by Crippen LogP contribution is 2.53. The van der Waals surface area contributed by atoms with E-state index in [1.165, 1.54) is 0 Å². The Balaban J connectivity index is 1.64. The Kier molecular flexibility index (Phi) is 3.61. The van der Waals surface area contributed by atoms with Crippen molar-refractivity contribution < 1.29 is 34.0 Å². The summed E-state index contributed by atoms with van der Waals surface area (Å²) in [5.41, 5.74) is 0.545. The van der Waals surface area contributed by atoms with Crippen molar-refractivity contribution in [2.24, 2.45) is 0 Å². The van der Waals surface area contributed by atoms with Crippen LogP contribution < -0.4 is 18.9 Å². The molecule has 3 aromatic rings. The first-order valence-corrected chi connectivity index (χ1v) is 9.68. The minimum absolute atomic E-state index is 0.0812. The first-order valence-electron chi connectivity index (χ1n) is 9.68. The average Bonchev–Trinajstić information content (AvgIpc) is 3.49. The third kappa shape index (κ3) is 2.41. The fourth-order valence-electron chi connectivity index (χ4n) is 4.50. The highest BCUT2D eigenvalue weighted by Gasteiger charge is 2.49. The maximum Gasteiger partial charge on any atom is 0.335 e. The van der Waals surface area contributed by atoms with Crippen molar-refractivity contribution in [1.29, 1.82) is 0 Å². The van der Waals surface area contributed by atoms with Crippen LogP contribution in [-0.2, 0) is 10.4 Å². The van der Waals surface area contributed by atoms with Crippen molar-refractivity contribution in [3.8, 4) is 23.0 Å². The van der Waals surface area contributed by atoms with Gasteiger partial charge in [-0.05, 0) is 41.0 Å². The van der Waals surface area contributed by atoms with Crippen molar-refractivity contribution in [3.63, 3.8) is 0 Å². The van der Waals surface area contributed by atoms with E-state index in [-0.39, 0.29) is 19.2 Å². The Morgan fingerprint density at radius 3 is 2.19 bits per heavy atom. The van der Waals surface area contributed by atoms with Crippen LogP contribution in [0.3, 0.4) is 0 Å². The quantitative estimate of drug-likeness (QED) is 0.677. The molecular weight excluding hydrogens is 400 g/mol. The molecule has 7 nitrogen and oxygen atoms in total. The van der Waals surface area contributed by atoms with Gasteiger partial charge >= 0.3 is 5.97 Å². The maximum absolute atomic E-state index is 12.6. The van der Waals surface area contributed by atoms with Gasteiger partial charge in [0.2, 0.25) is 13.6 Å². The zero-order valence-electron chi connectivity index (χ0n) is 16.1. The molecule has 0 spiro atoms.